The van der Waals surface area contributed by atoms with Crippen LogP contribution in [0.5, 0.6) is 11.5 Å². The highest BCUT2D eigenvalue weighted by Crippen LogP contribution is 2.30. The Labute approximate surface area is 126 Å². The van der Waals surface area contributed by atoms with Crippen molar-refractivity contribution in [2.24, 2.45) is 0 Å². The van der Waals surface area contributed by atoms with Crippen LogP contribution in [0.15, 0.2) is 48.5 Å². The molecule has 6 heteroatoms. The zero-order valence-electron chi connectivity index (χ0n) is 11.6. The number of aliphatic carboxylic acids is 1. The fourth-order valence-electron chi connectivity index (χ4n) is 1.74. The van der Waals surface area contributed by atoms with Gasteiger partial charge < -0.3 is 15.2 Å². The van der Waals surface area contributed by atoms with Crippen LogP contribution in [0.25, 0.3) is 0 Å². The van der Waals surface area contributed by atoms with Crippen LogP contribution in [0.3, 0.4) is 0 Å². The van der Waals surface area contributed by atoms with Crippen molar-refractivity contribution in [3.05, 3.63) is 54.3 Å². The highest BCUT2D eigenvalue weighted by atomic mass is 19.1. The van der Waals surface area contributed by atoms with Crippen LogP contribution in [0.2, 0.25) is 0 Å². The van der Waals surface area contributed by atoms with Gasteiger partial charge in [-0.3, -0.25) is 9.59 Å². The number of carboxylic acids is 1. The molecule has 2 aromatic carbocycles. The van der Waals surface area contributed by atoms with Gasteiger partial charge in [0.1, 0.15) is 11.6 Å². The maximum absolute atomic E-state index is 13.3. The molecular formula is C16H14FNO4. The number of rotatable bonds is 6. The molecule has 0 spiro atoms. The number of carbonyl (C=O) groups is 2. The Morgan fingerprint density at radius 1 is 1.09 bits per heavy atom. The number of para-hydroxylation sites is 1. The van der Waals surface area contributed by atoms with E-state index in [0.29, 0.717) is 5.75 Å². The van der Waals surface area contributed by atoms with Gasteiger partial charge in [-0.15, -0.1) is 0 Å². The molecule has 0 saturated heterocycles. The second kappa shape index (κ2) is 7.21. The van der Waals surface area contributed by atoms with Crippen molar-refractivity contribution < 1.29 is 23.8 Å². The van der Waals surface area contributed by atoms with Gasteiger partial charge in [-0.2, -0.15) is 0 Å². The number of carboxylic acid groups (broad SMARTS) is 1. The zero-order chi connectivity index (χ0) is 15.9. The molecule has 0 unspecified atom stereocenters. The van der Waals surface area contributed by atoms with Crippen molar-refractivity contribution in [3.8, 4) is 11.5 Å². The third kappa shape index (κ3) is 4.59. The smallest absolute Gasteiger partial charge is 0.303 e. The van der Waals surface area contributed by atoms with Crippen molar-refractivity contribution in [3.63, 3.8) is 0 Å². The van der Waals surface area contributed by atoms with Gasteiger partial charge in [0.2, 0.25) is 5.91 Å². The minimum absolute atomic E-state index is 0.152. The molecule has 2 rings (SSSR count). The second-order valence-electron chi connectivity index (χ2n) is 4.50. The molecule has 0 aliphatic heterocycles. The van der Waals surface area contributed by atoms with Gasteiger partial charge in [0.05, 0.1) is 12.1 Å². The van der Waals surface area contributed by atoms with Crippen molar-refractivity contribution in [1.29, 1.82) is 0 Å². The topological polar surface area (TPSA) is 75.6 Å². The summed E-state index contributed by atoms with van der Waals surface area (Å²) in [6.45, 7) is 0. The Morgan fingerprint density at radius 2 is 1.82 bits per heavy atom. The summed E-state index contributed by atoms with van der Waals surface area (Å²) >= 11 is 0. The molecule has 0 saturated carbocycles. The summed E-state index contributed by atoms with van der Waals surface area (Å²) in [6.07, 6.45) is -0.493. The number of amides is 1. The third-order valence-corrected chi connectivity index (χ3v) is 2.75. The molecule has 0 fully saturated rings. The van der Waals surface area contributed by atoms with E-state index in [1.165, 1.54) is 12.1 Å². The number of ether oxygens (including phenoxy) is 1. The molecule has 0 radical (unpaired) electrons. The highest BCUT2D eigenvalue weighted by molar-refractivity contribution is 5.93. The number of halogens is 1. The summed E-state index contributed by atoms with van der Waals surface area (Å²) < 4.78 is 18.9. The van der Waals surface area contributed by atoms with Gasteiger partial charge in [-0.05, 0) is 24.3 Å². The Balaban J connectivity index is 2.14. The van der Waals surface area contributed by atoms with Gasteiger partial charge in [0.15, 0.2) is 5.75 Å². The highest BCUT2D eigenvalue weighted by Gasteiger charge is 2.11. The van der Waals surface area contributed by atoms with Crippen LogP contribution in [0, 0.1) is 5.82 Å². The second-order valence-corrected chi connectivity index (χ2v) is 4.50. The fourth-order valence-corrected chi connectivity index (χ4v) is 1.74. The van der Waals surface area contributed by atoms with E-state index in [1.807, 2.05) is 6.07 Å². The summed E-state index contributed by atoms with van der Waals surface area (Å²) in [5.74, 6) is -1.32. The average molecular weight is 303 g/mol. The summed E-state index contributed by atoms with van der Waals surface area (Å²) in [6, 6.07) is 12.6. The molecule has 1 amide bonds. The Hall–Kier alpha value is -2.89. The van der Waals surface area contributed by atoms with E-state index >= 15 is 0 Å². The molecule has 5 nitrogen and oxygen atoms in total. The maximum Gasteiger partial charge on any atom is 0.303 e. The van der Waals surface area contributed by atoms with E-state index < -0.39 is 17.7 Å². The minimum Gasteiger partial charge on any atom is -0.481 e. The predicted octanol–water partition coefficient (Wildman–Crippen LogP) is 3.42. The number of anilines is 1. The molecule has 0 aromatic heterocycles. The third-order valence-electron chi connectivity index (χ3n) is 2.75. The van der Waals surface area contributed by atoms with Crippen molar-refractivity contribution >= 4 is 17.6 Å². The van der Waals surface area contributed by atoms with E-state index in [2.05, 4.69) is 5.32 Å². The molecule has 0 aliphatic carbocycles. The van der Waals surface area contributed by atoms with E-state index in [-0.39, 0.29) is 24.3 Å². The molecule has 0 atom stereocenters. The quantitative estimate of drug-likeness (QED) is 0.857. The molecule has 114 valence electrons. The van der Waals surface area contributed by atoms with Crippen LogP contribution in [0.1, 0.15) is 12.8 Å². The standard InChI is InChI=1S/C16H14FNO4/c17-11-6-7-14(22-12-4-2-1-3-5-12)13(10-11)18-15(19)8-9-16(20)21/h1-7,10H,8-9H2,(H,18,19)(H,20,21). The number of hydrogen-bond acceptors (Lipinski definition) is 3. The van der Waals surface area contributed by atoms with Crippen molar-refractivity contribution in [2.75, 3.05) is 5.32 Å². The molecular weight excluding hydrogens is 289 g/mol. The minimum atomic E-state index is -1.07. The van der Waals surface area contributed by atoms with Crippen LogP contribution < -0.4 is 10.1 Å². The summed E-state index contributed by atoms with van der Waals surface area (Å²) in [5, 5.41) is 11.0. The first kappa shape index (κ1) is 15.5. The molecule has 0 heterocycles. The number of carbonyl (C=O) groups excluding carboxylic acids is 1. The largest absolute Gasteiger partial charge is 0.481 e. The molecule has 0 aliphatic rings. The maximum atomic E-state index is 13.3. The van der Waals surface area contributed by atoms with Crippen molar-refractivity contribution in [1.82, 2.24) is 0 Å². The van der Waals surface area contributed by atoms with Gasteiger partial charge in [0, 0.05) is 12.5 Å². The van der Waals surface area contributed by atoms with E-state index in [4.69, 9.17) is 9.84 Å². The predicted molar refractivity (Wildman–Crippen MR) is 78.4 cm³/mol. The van der Waals surface area contributed by atoms with E-state index in [9.17, 15) is 14.0 Å². The summed E-state index contributed by atoms with van der Waals surface area (Å²) in [5.41, 5.74) is 0.152. The van der Waals surface area contributed by atoms with Crippen LogP contribution in [-0.4, -0.2) is 17.0 Å². The lowest BCUT2D eigenvalue weighted by Gasteiger charge is -2.12. The lowest BCUT2D eigenvalue weighted by molar-refractivity contribution is -0.138. The SMILES string of the molecule is O=C(O)CCC(=O)Nc1cc(F)ccc1Oc1ccccc1. The molecule has 0 bridgehead atoms. The molecule has 2 aromatic rings. The monoisotopic (exact) mass is 303 g/mol. The molecule has 22 heavy (non-hydrogen) atoms. The van der Waals surface area contributed by atoms with E-state index in [1.54, 1.807) is 24.3 Å². The molecule has 2 N–H and O–H groups in total. The average Bonchev–Trinajstić information content (AvgIpc) is 2.49. The van der Waals surface area contributed by atoms with Gasteiger partial charge in [0.25, 0.3) is 0 Å². The Kier molecular flexibility index (Phi) is 5.08. The lowest BCUT2D eigenvalue weighted by atomic mass is 10.2. The first-order chi connectivity index (χ1) is 10.5. The first-order valence-electron chi connectivity index (χ1n) is 6.58. The summed E-state index contributed by atoms with van der Waals surface area (Å²) in [7, 11) is 0. The van der Waals surface area contributed by atoms with Gasteiger partial charge >= 0.3 is 5.97 Å². The Bertz CT molecular complexity index is 673. The lowest BCUT2D eigenvalue weighted by Crippen LogP contribution is -2.14. The number of benzene rings is 2. The fraction of sp³-hybridized carbons (Fsp3) is 0.125. The van der Waals surface area contributed by atoms with Crippen LogP contribution in [-0.2, 0) is 9.59 Å². The van der Waals surface area contributed by atoms with E-state index in [0.717, 1.165) is 6.07 Å². The van der Waals surface area contributed by atoms with Gasteiger partial charge in [-0.1, -0.05) is 18.2 Å². The summed E-state index contributed by atoms with van der Waals surface area (Å²) in [4.78, 5) is 22.1. The number of hydrogen-bond donors (Lipinski definition) is 2. The van der Waals surface area contributed by atoms with Crippen LogP contribution >= 0.6 is 0 Å². The van der Waals surface area contributed by atoms with Crippen LogP contribution in [0.4, 0.5) is 10.1 Å². The number of nitrogens with one attached hydrogen (secondary N) is 1. The van der Waals surface area contributed by atoms with Crippen molar-refractivity contribution in [2.45, 2.75) is 12.8 Å². The Morgan fingerprint density at radius 3 is 2.50 bits per heavy atom. The zero-order valence-corrected chi connectivity index (χ0v) is 11.6. The van der Waals surface area contributed by atoms with Gasteiger partial charge in [-0.25, -0.2) is 4.39 Å². The normalized spacial score (nSPS) is 10.0. The first-order valence-corrected chi connectivity index (χ1v) is 6.58.